The summed E-state index contributed by atoms with van der Waals surface area (Å²) >= 11 is 0. The monoisotopic (exact) mass is 923 g/mol. The van der Waals surface area contributed by atoms with E-state index in [0.29, 0.717) is 0 Å². The summed E-state index contributed by atoms with van der Waals surface area (Å²) in [6, 6.07) is 55.4. The SMILES string of the molecule is CC(C)(C)c1cc(-c2cc(-c3ccccc3)ccn2)[c-]c(-c2cccc3c2nc2c4c(O)cc5c(c4c4ccccc4n32)-c2cccc3c2B5c2ccccc2-3)c1.[Pt]. The minimum absolute atomic E-state index is 0. The molecule has 10 aromatic rings. The molecule has 2 aliphatic rings. The molecule has 0 atom stereocenters. The van der Waals surface area contributed by atoms with E-state index in [1.54, 1.807) is 0 Å². The van der Waals surface area contributed by atoms with E-state index in [9.17, 15) is 5.11 Å². The van der Waals surface area contributed by atoms with E-state index in [2.05, 4.69) is 165 Å². The normalized spacial score (nSPS) is 12.6. The molecule has 0 fully saturated rings. The number of aromatic nitrogens is 3. The van der Waals surface area contributed by atoms with Gasteiger partial charge in [0.15, 0.2) is 0 Å². The Balaban J connectivity index is 0.00000385. The molecule has 0 unspecified atom stereocenters. The van der Waals surface area contributed by atoms with E-state index in [-0.39, 0.29) is 38.9 Å². The van der Waals surface area contributed by atoms with Crippen LogP contribution in [0.25, 0.3) is 94.1 Å². The van der Waals surface area contributed by atoms with Crippen LogP contribution in [-0.2, 0) is 26.5 Å². The molecule has 2 aliphatic heterocycles. The number of para-hydroxylation sites is 2. The molecule has 278 valence electrons. The van der Waals surface area contributed by atoms with Crippen molar-refractivity contribution in [1.29, 1.82) is 0 Å². The second-order valence-electron chi connectivity index (χ2n) is 16.6. The van der Waals surface area contributed by atoms with Crippen LogP contribution in [0, 0.1) is 6.07 Å². The second kappa shape index (κ2) is 12.6. The fraction of sp³-hybridized carbons (Fsp3) is 0.0769. The molecule has 4 nitrogen and oxygen atoms in total. The van der Waals surface area contributed by atoms with Gasteiger partial charge >= 0.3 is 0 Å². The molecular weight excluding hydrogens is 888 g/mol. The molecule has 0 saturated carbocycles. The summed E-state index contributed by atoms with van der Waals surface area (Å²) in [5, 5.41) is 15.2. The maximum Gasteiger partial charge on any atom is 0.244 e. The van der Waals surface area contributed by atoms with Crippen LogP contribution in [0.1, 0.15) is 26.3 Å². The number of hydrogen-bond acceptors (Lipinski definition) is 3. The Kier molecular flexibility index (Phi) is 7.59. The third-order valence-electron chi connectivity index (χ3n) is 12.4. The van der Waals surface area contributed by atoms with Crippen LogP contribution in [0.5, 0.6) is 5.75 Å². The number of rotatable bonds is 3. The third kappa shape index (κ3) is 4.87. The summed E-state index contributed by atoms with van der Waals surface area (Å²) in [4.78, 5) is 10.4. The second-order valence-corrected chi connectivity index (χ2v) is 16.6. The minimum Gasteiger partial charge on any atom is -0.507 e. The van der Waals surface area contributed by atoms with Gasteiger partial charge in [0.2, 0.25) is 6.71 Å². The van der Waals surface area contributed by atoms with Gasteiger partial charge in [-0.15, -0.1) is 29.3 Å². The Hall–Kier alpha value is -6.29. The average Bonchev–Trinajstić information content (AvgIpc) is 3.91. The molecular formula is C52H35BN3OPt-. The molecule has 12 rings (SSSR count). The summed E-state index contributed by atoms with van der Waals surface area (Å²) in [6.45, 7) is 6.83. The van der Waals surface area contributed by atoms with E-state index in [0.717, 1.165) is 77.3 Å². The number of nitrogens with zero attached hydrogens (tertiary/aromatic N) is 3. The van der Waals surface area contributed by atoms with Crippen LogP contribution >= 0.6 is 0 Å². The number of pyridine rings is 2. The van der Waals surface area contributed by atoms with Gasteiger partial charge in [-0.25, -0.2) is 4.98 Å². The standard InChI is InChI=1S/C52H35BN3O.Pt/c1-52(2,3)34-26-32(25-33(27-34)42-28-31(23-24-54-42)30-13-5-4-6-14-30)35-17-12-22-44-50(35)55-51-48-45(57)29-41-46(47(48)38-16-8-10-21-43(38)56(44)51)39-19-11-18-37-36-15-7-9-20-40(36)53(41)49(37)39;/h4-24,26-29,57H,1-3H3;/q-1;. The molecule has 0 aliphatic carbocycles. The van der Waals surface area contributed by atoms with Crippen LogP contribution in [0.15, 0.2) is 152 Å². The molecule has 0 amide bonds. The average molecular weight is 924 g/mol. The van der Waals surface area contributed by atoms with Crippen molar-refractivity contribution in [3.05, 3.63) is 163 Å². The Morgan fingerprint density at radius 2 is 1.33 bits per heavy atom. The molecule has 6 heteroatoms. The summed E-state index contributed by atoms with van der Waals surface area (Å²) in [5.41, 5.74) is 19.6. The molecule has 0 saturated heterocycles. The van der Waals surface area contributed by atoms with Gasteiger partial charge in [-0.05, 0) is 63.1 Å². The number of phenolic OH excluding ortho intramolecular Hbond substituents is 1. The maximum atomic E-state index is 12.3. The van der Waals surface area contributed by atoms with Crippen molar-refractivity contribution in [1.82, 2.24) is 14.4 Å². The zero-order valence-electron chi connectivity index (χ0n) is 32.1. The number of benzene rings is 7. The van der Waals surface area contributed by atoms with E-state index < -0.39 is 0 Å². The molecule has 3 aromatic heterocycles. The minimum atomic E-state index is -0.127. The van der Waals surface area contributed by atoms with E-state index in [4.69, 9.17) is 9.97 Å². The third-order valence-corrected chi connectivity index (χ3v) is 12.4. The smallest absolute Gasteiger partial charge is 0.244 e. The van der Waals surface area contributed by atoms with Crippen molar-refractivity contribution in [2.75, 3.05) is 0 Å². The maximum absolute atomic E-state index is 12.3. The number of imidazole rings is 1. The summed E-state index contributed by atoms with van der Waals surface area (Å²) in [6.07, 6.45) is 1.89. The number of aromatic hydroxyl groups is 1. The summed E-state index contributed by atoms with van der Waals surface area (Å²) < 4.78 is 2.24. The van der Waals surface area contributed by atoms with Crippen LogP contribution < -0.4 is 16.4 Å². The van der Waals surface area contributed by atoms with Crippen molar-refractivity contribution >= 4 is 61.5 Å². The Bertz CT molecular complexity index is 3360. The first-order valence-corrected chi connectivity index (χ1v) is 19.7. The molecule has 7 aromatic carbocycles. The molecule has 5 heterocycles. The predicted octanol–water partition coefficient (Wildman–Crippen LogP) is 10.5. The number of hydrogen-bond donors (Lipinski definition) is 1. The molecule has 0 spiro atoms. The van der Waals surface area contributed by atoms with Gasteiger partial charge in [0.25, 0.3) is 0 Å². The first-order valence-electron chi connectivity index (χ1n) is 19.7. The van der Waals surface area contributed by atoms with Gasteiger partial charge in [0.1, 0.15) is 11.4 Å². The van der Waals surface area contributed by atoms with Gasteiger partial charge in [0.05, 0.1) is 21.9 Å². The van der Waals surface area contributed by atoms with E-state index in [1.165, 1.54) is 38.7 Å². The number of fused-ring (bicyclic) bond motifs is 15. The quantitative estimate of drug-likeness (QED) is 0.109. The first kappa shape index (κ1) is 34.9. The first-order chi connectivity index (χ1) is 27.8. The predicted molar refractivity (Wildman–Crippen MR) is 237 cm³/mol. The summed E-state index contributed by atoms with van der Waals surface area (Å²) in [7, 11) is 0. The van der Waals surface area contributed by atoms with Crippen LogP contribution in [0.3, 0.4) is 0 Å². The van der Waals surface area contributed by atoms with Gasteiger partial charge in [-0.2, -0.15) is 0 Å². The zero-order valence-corrected chi connectivity index (χ0v) is 34.4. The van der Waals surface area contributed by atoms with Crippen molar-refractivity contribution in [3.63, 3.8) is 0 Å². The van der Waals surface area contributed by atoms with Crippen LogP contribution in [0.4, 0.5) is 0 Å². The van der Waals surface area contributed by atoms with Crippen LogP contribution in [0.2, 0.25) is 0 Å². The zero-order chi connectivity index (χ0) is 38.2. The van der Waals surface area contributed by atoms with Crippen molar-refractivity contribution in [3.8, 4) is 61.5 Å². The molecule has 58 heavy (non-hydrogen) atoms. The van der Waals surface area contributed by atoms with Crippen molar-refractivity contribution in [2.24, 2.45) is 0 Å². The largest absolute Gasteiger partial charge is 0.507 e. The van der Waals surface area contributed by atoms with Gasteiger partial charge in [0, 0.05) is 43.7 Å². The van der Waals surface area contributed by atoms with Crippen molar-refractivity contribution in [2.45, 2.75) is 26.2 Å². The molecule has 0 bridgehead atoms. The fourth-order valence-corrected chi connectivity index (χ4v) is 9.79. The van der Waals surface area contributed by atoms with Gasteiger partial charge in [-0.1, -0.05) is 157 Å². The Morgan fingerprint density at radius 3 is 2.19 bits per heavy atom. The van der Waals surface area contributed by atoms with Gasteiger partial charge < -0.3 is 5.11 Å². The summed E-state index contributed by atoms with van der Waals surface area (Å²) in [5.74, 6) is 0.253. The van der Waals surface area contributed by atoms with Crippen molar-refractivity contribution < 1.29 is 26.2 Å². The molecule has 0 radical (unpaired) electrons. The topological polar surface area (TPSA) is 50.4 Å². The van der Waals surface area contributed by atoms with Gasteiger partial charge in [-0.3, -0.25) is 9.38 Å². The Morgan fingerprint density at radius 1 is 0.621 bits per heavy atom. The van der Waals surface area contributed by atoms with E-state index in [1.807, 2.05) is 18.3 Å². The number of phenols is 1. The van der Waals surface area contributed by atoms with Crippen LogP contribution in [-0.4, -0.2) is 26.2 Å². The van der Waals surface area contributed by atoms with E-state index >= 15 is 0 Å². The Labute approximate surface area is 351 Å². The fourth-order valence-electron chi connectivity index (χ4n) is 9.79. The molecule has 1 N–H and O–H groups in total.